The first-order valence-electron chi connectivity index (χ1n) is 7.00. The standard InChI is InChI=1S/C13H21N5O3/c1-8(2)10-14-12(17(3)16-10)15-11(19)9-6-5-7-18(9)13(20)21-4/h8-9H,5-7H2,1-4H3,(H,14,15,16,19). The van der Waals surface area contributed by atoms with Crippen molar-refractivity contribution >= 4 is 17.9 Å². The van der Waals surface area contributed by atoms with Gasteiger partial charge in [-0.25, -0.2) is 9.48 Å². The molecule has 1 aliphatic heterocycles. The number of likely N-dealkylation sites (tertiary alicyclic amines) is 1. The second-order valence-corrected chi connectivity index (χ2v) is 5.38. The highest BCUT2D eigenvalue weighted by atomic mass is 16.5. The SMILES string of the molecule is COC(=O)N1CCCC1C(=O)Nc1nc(C(C)C)nn1C. The van der Waals surface area contributed by atoms with Gasteiger partial charge in [0.05, 0.1) is 7.11 Å². The highest BCUT2D eigenvalue weighted by Crippen LogP contribution is 2.20. The van der Waals surface area contributed by atoms with Gasteiger partial charge in [-0.2, -0.15) is 10.1 Å². The van der Waals surface area contributed by atoms with Gasteiger partial charge >= 0.3 is 6.09 Å². The summed E-state index contributed by atoms with van der Waals surface area (Å²) in [6.45, 7) is 4.49. The van der Waals surface area contributed by atoms with E-state index in [1.807, 2.05) is 13.8 Å². The number of carbonyl (C=O) groups is 2. The van der Waals surface area contributed by atoms with E-state index in [1.165, 1.54) is 16.7 Å². The molecule has 1 saturated heterocycles. The second-order valence-electron chi connectivity index (χ2n) is 5.38. The van der Waals surface area contributed by atoms with Crippen molar-refractivity contribution in [3.8, 4) is 0 Å². The molecule has 2 amide bonds. The first-order chi connectivity index (χ1) is 9.93. The van der Waals surface area contributed by atoms with Gasteiger partial charge in [-0.3, -0.25) is 15.0 Å². The highest BCUT2D eigenvalue weighted by molar-refractivity contribution is 5.95. The molecule has 0 aromatic carbocycles. The molecule has 0 aliphatic carbocycles. The molecule has 1 unspecified atom stereocenters. The predicted octanol–water partition coefficient (Wildman–Crippen LogP) is 1.11. The lowest BCUT2D eigenvalue weighted by atomic mass is 10.2. The zero-order valence-electron chi connectivity index (χ0n) is 12.8. The Morgan fingerprint density at radius 2 is 2.14 bits per heavy atom. The number of hydrogen-bond acceptors (Lipinski definition) is 5. The number of hydrogen-bond donors (Lipinski definition) is 1. The maximum atomic E-state index is 12.3. The molecule has 0 saturated carbocycles. The van der Waals surface area contributed by atoms with Gasteiger partial charge in [-0.1, -0.05) is 13.8 Å². The molecule has 8 nitrogen and oxygen atoms in total. The Morgan fingerprint density at radius 1 is 1.43 bits per heavy atom. The Hall–Kier alpha value is -2.12. The number of nitrogens with zero attached hydrogens (tertiary/aromatic N) is 4. The van der Waals surface area contributed by atoms with Crippen LogP contribution in [-0.2, 0) is 16.6 Å². The number of anilines is 1. The average molecular weight is 295 g/mol. The average Bonchev–Trinajstić information content (AvgIpc) is 3.05. The fourth-order valence-corrected chi connectivity index (χ4v) is 2.33. The smallest absolute Gasteiger partial charge is 0.410 e. The quantitative estimate of drug-likeness (QED) is 0.902. The van der Waals surface area contributed by atoms with E-state index < -0.39 is 12.1 Å². The van der Waals surface area contributed by atoms with Crippen LogP contribution in [0.1, 0.15) is 38.4 Å². The molecule has 1 aromatic heterocycles. The number of nitrogens with one attached hydrogen (secondary N) is 1. The maximum absolute atomic E-state index is 12.3. The topological polar surface area (TPSA) is 89.3 Å². The molecule has 0 bridgehead atoms. The first kappa shape index (κ1) is 15.3. The van der Waals surface area contributed by atoms with Crippen LogP contribution in [0.25, 0.3) is 0 Å². The van der Waals surface area contributed by atoms with Crippen molar-refractivity contribution in [3.05, 3.63) is 5.82 Å². The molecule has 8 heteroatoms. The lowest BCUT2D eigenvalue weighted by Crippen LogP contribution is -2.43. The minimum Gasteiger partial charge on any atom is -0.453 e. The summed E-state index contributed by atoms with van der Waals surface area (Å²) >= 11 is 0. The number of methoxy groups -OCH3 is 1. The molecule has 0 spiro atoms. The summed E-state index contributed by atoms with van der Waals surface area (Å²) in [4.78, 5) is 29.7. The third kappa shape index (κ3) is 3.14. The summed E-state index contributed by atoms with van der Waals surface area (Å²) in [6, 6.07) is -0.517. The molecule has 21 heavy (non-hydrogen) atoms. The van der Waals surface area contributed by atoms with Gasteiger partial charge < -0.3 is 4.74 Å². The van der Waals surface area contributed by atoms with Crippen LogP contribution in [0.15, 0.2) is 0 Å². The van der Waals surface area contributed by atoms with Crippen LogP contribution in [0.4, 0.5) is 10.7 Å². The van der Waals surface area contributed by atoms with Crippen molar-refractivity contribution in [2.45, 2.75) is 38.6 Å². The lowest BCUT2D eigenvalue weighted by Gasteiger charge is -2.21. The Morgan fingerprint density at radius 3 is 2.71 bits per heavy atom. The lowest BCUT2D eigenvalue weighted by molar-refractivity contribution is -0.120. The van der Waals surface area contributed by atoms with Gasteiger partial charge in [0.1, 0.15) is 6.04 Å². The predicted molar refractivity (Wildman–Crippen MR) is 75.9 cm³/mol. The van der Waals surface area contributed by atoms with E-state index in [0.29, 0.717) is 24.7 Å². The Labute approximate surface area is 123 Å². The van der Waals surface area contributed by atoms with Crippen molar-refractivity contribution in [2.75, 3.05) is 19.0 Å². The summed E-state index contributed by atoms with van der Waals surface area (Å²) in [5.74, 6) is 0.980. The van der Waals surface area contributed by atoms with Crippen LogP contribution in [0, 0.1) is 0 Å². The van der Waals surface area contributed by atoms with E-state index in [9.17, 15) is 9.59 Å². The minimum atomic E-state index is -0.517. The Bertz CT molecular complexity index is 540. The van der Waals surface area contributed by atoms with Crippen LogP contribution >= 0.6 is 0 Å². The van der Waals surface area contributed by atoms with Crippen molar-refractivity contribution in [3.63, 3.8) is 0 Å². The van der Waals surface area contributed by atoms with Crippen LogP contribution in [0.3, 0.4) is 0 Å². The summed E-state index contributed by atoms with van der Waals surface area (Å²) in [6.07, 6.45) is 0.924. The zero-order valence-corrected chi connectivity index (χ0v) is 12.8. The highest BCUT2D eigenvalue weighted by Gasteiger charge is 2.35. The summed E-state index contributed by atoms with van der Waals surface area (Å²) in [5.41, 5.74) is 0. The number of aryl methyl sites for hydroxylation is 1. The third-order valence-corrected chi connectivity index (χ3v) is 3.50. The van der Waals surface area contributed by atoms with Crippen LogP contribution in [0.2, 0.25) is 0 Å². The largest absolute Gasteiger partial charge is 0.453 e. The molecule has 0 radical (unpaired) electrons. The van der Waals surface area contributed by atoms with E-state index in [2.05, 4.69) is 15.4 Å². The summed E-state index contributed by atoms with van der Waals surface area (Å²) in [7, 11) is 3.04. The number of rotatable bonds is 3. The van der Waals surface area contributed by atoms with E-state index in [-0.39, 0.29) is 11.8 Å². The first-order valence-corrected chi connectivity index (χ1v) is 7.00. The van der Waals surface area contributed by atoms with Crippen molar-refractivity contribution in [2.24, 2.45) is 7.05 Å². The van der Waals surface area contributed by atoms with Gasteiger partial charge in [0, 0.05) is 19.5 Å². The maximum Gasteiger partial charge on any atom is 0.410 e. The second kappa shape index (κ2) is 6.11. The Kier molecular flexibility index (Phi) is 4.44. The van der Waals surface area contributed by atoms with Crippen LogP contribution < -0.4 is 5.32 Å². The molecular formula is C13H21N5O3. The van der Waals surface area contributed by atoms with E-state index in [0.717, 1.165) is 6.42 Å². The van der Waals surface area contributed by atoms with Gasteiger partial charge in [0.25, 0.3) is 0 Å². The molecule has 2 heterocycles. The van der Waals surface area contributed by atoms with Gasteiger partial charge in [0.15, 0.2) is 5.82 Å². The Balaban J connectivity index is 2.09. The summed E-state index contributed by atoms with van der Waals surface area (Å²) < 4.78 is 6.23. The molecule has 1 aromatic rings. The van der Waals surface area contributed by atoms with Crippen LogP contribution in [0.5, 0.6) is 0 Å². The summed E-state index contributed by atoms with van der Waals surface area (Å²) in [5, 5.41) is 6.98. The molecular weight excluding hydrogens is 274 g/mol. The fraction of sp³-hybridized carbons (Fsp3) is 0.692. The van der Waals surface area contributed by atoms with Crippen molar-refractivity contribution in [1.29, 1.82) is 0 Å². The molecule has 2 rings (SSSR count). The zero-order chi connectivity index (χ0) is 15.6. The van der Waals surface area contributed by atoms with E-state index in [4.69, 9.17) is 4.74 Å². The molecule has 1 fully saturated rings. The normalized spacial score (nSPS) is 18.1. The minimum absolute atomic E-state index is 0.180. The third-order valence-electron chi connectivity index (χ3n) is 3.50. The van der Waals surface area contributed by atoms with Crippen LogP contribution in [-0.4, -0.2) is 51.4 Å². The number of carbonyl (C=O) groups excluding carboxylic acids is 2. The monoisotopic (exact) mass is 295 g/mol. The van der Waals surface area contributed by atoms with Crippen molar-refractivity contribution in [1.82, 2.24) is 19.7 Å². The fourth-order valence-electron chi connectivity index (χ4n) is 2.33. The van der Waals surface area contributed by atoms with Crippen molar-refractivity contribution < 1.29 is 14.3 Å². The number of ether oxygens (including phenoxy) is 1. The molecule has 1 N–H and O–H groups in total. The molecule has 1 aliphatic rings. The van der Waals surface area contributed by atoms with Gasteiger partial charge in [-0.15, -0.1) is 0 Å². The molecule has 116 valence electrons. The number of amides is 2. The molecule has 1 atom stereocenters. The van der Waals surface area contributed by atoms with E-state index in [1.54, 1.807) is 7.05 Å². The van der Waals surface area contributed by atoms with E-state index >= 15 is 0 Å². The number of aromatic nitrogens is 3. The van der Waals surface area contributed by atoms with Gasteiger partial charge in [-0.05, 0) is 12.8 Å². The van der Waals surface area contributed by atoms with Gasteiger partial charge in [0.2, 0.25) is 11.9 Å².